The summed E-state index contributed by atoms with van der Waals surface area (Å²) in [4.78, 5) is 35.3. The Bertz CT molecular complexity index is 960. The molecule has 7 heteroatoms. The van der Waals surface area contributed by atoms with Crippen molar-refractivity contribution in [2.45, 2.75) is 12.5 Å². The van der Waals surface area contributed by atoms with Crippen LogP contribution in [0.1, 0.15) is 22.8 Å². The van der Waals surface area contributed by atoms with E-state index >= 15 is 0 Å². The van der Waals surface area contributed by atoms with Gasteiger partial charge in [-0.15, -0.1) is 0 Å². The van der Waals surface area contributed by atoms with E-state index in [1.165, 1.54) is 0 Å². The number of carbonyl (C=O) groups is 1. The Hall–Kier alpha value is -2.96. The van der Waals surface area contributed by atoms with Crippen LogP contribution in [0.3, 0.4) is 0 Å². The fourth-order valence-electron chi connectivity index (χ4n) is 3.33. The van der Waals surface area contributed by atoms with Gasteiger partial charge in [0.05, 0.1) is 17.1 Å². The second kappa shape index (κ2) is 5.59. The number of hydrogen-bond donors (Lipinski definition) is 0. The van der Waals surface area contributed by atoms with Gasteiger partial charge in [0.15, 0.2) is 5.65 Å². The Balaban J connectivity index is 1.66. The molecule has 0 aliphatic carbocycles. The molecule has 4 heterocycles. The zero-order valence-corrected chi connectivity index (χ0v) is 13.3. The standard InChI is InChI=1S/C17H17N5O2/c1-20-14-5-3-8-19-15(14)22(17(20)24)13-6-9-21(11-13)16(23)12-4-2-7-18-10-12/h2-5,7-8,10,13H,6,9,11H2,1H3/t13-/m0/s1. The van der Waals surface area contributed by atoms with Gasteiger partial charge in [0.2, 0.25) is 0 Å². The van der Waals surface area contributed by atoms with Gasteiger partial charge in [-0.05, 0) is 30.7 Å². The zero-order valence-electron chi connectivity index (χ0n) is 13.3. The number of likely N-dealkylation sites (tertiary alicyclic amines) is 1. The molecule has 3 aromatic rings. The van der Waals surface area contributed by atoms with Crippen LogP contribution in [0.15, 0.2) is 47.7 Å². The first kappa shape index (κ1) is 14.6. The van der Waals surface area contributed by atoms with Crippen LogP contribution in [0.4, 0.5) is 0 Å². The summed E-state index contributed by atoms with van der Waals surface area (Å²) in [6.07, 6.45) is 5.64. The molecule has 0 radical (unpaired) electrons. The third kappa shape index (κ3) is 2.20. The lowest BCUT2D eigenvalue weighted by atomic mass is 10.2. The van der Waals surface area contributed by atoms with E-state index in [1.807, 2.05) is 12.1 Å². The number of aryl methyl sites for hydroxylation is 1. The molecular formula is C17H17N5O2. The maximum atomic E-state index is 12.6. The second-order valence-electron chi connectivity index (χ2n) is 5.99. The molecule has 1 amide bonds. The third-order valence-electron chi connectivity index (χ3n) is 4.57. The highest BCUT2D eigenvalue weighted by Crippen LogP contribution is 2.24. The molecule has 7 nitrogen and oxygen atoms in total. The first-order valence-corrected chi connectivity index (χ1v) is 7.88. The Morgan fingerprint density at radius 1 is 1.25 bits per heavy atom. The van der Waals surface area contributed by atoms with Crippen molar-refractivity contribution in [3.05, 3.63) is 58.9 Å². The van der Waals surface area contributed by atoms with Crippen molar-refractivity contribution in [2.24, 2.45) is 7.05 Å². The van der Waals surface area contributed by atoms with Crippen LogP contribution in [-0.4, -0.2) is 43.0 Å². The van der Waals surface area contributed by atoms with Crippen molar-refractivity contribution in [1.82, 2.24) is 24.0 Å². The van der Waals surface area contributed by atoms with Gasteiger partial charge in [-0.3, -0.25) is 18.9 Å². The SMILES string of the molecule is Cn1c(=O)n([C@H]2CCN(C(=O)c3cccnc3)C2)c2ncccc21. The molecule has 24 heavy (non-hydrogen) atoms. The summed E-state index contributed by atoms with van der Waals surface area (Å²) in [7, 11) is 1.75. The molecule has 0 saturated carbocycles. The summed E-state index contributed by atoms with van der Waals surface area (Å²) < 4.78 is 3.32. The molecule has 0 N–H and O–H groups in total. The van der Waals surface area contributed by atoms with Gasteiger partial charge in [0, 0.05) is 38.7 Å². The van der Waals surface area contributed by atoms with Gasteiger partial charge in [0.1, 0.15) is 0 Å². The predicted octanol–water partition coefficient (Wildman–Crippen LogP) is 1.22. The Labute approximate surface area is 138 Å². The van der Waals surface area contributed by atoms with Gasteiger partial charge in [-0.2, -0.15) is 0 Å². The maximum Gasteiger partial charge on any atom is 0.330 e. The molecule has 0 spiro atoms. The van der Waals surface area contributed by atoms with Crippen LogP contribution < -0.4 is 5.69 Å². The lowest BCUT2D eigenvalue weighted by Gasteiger charge is -2.16. The fourth-order valence-corrected chi connectivity index (χ4v) is 3.33. The lowest BCUT2D eigenvalue weighted by molar-refractivity contribution is 0.0787. The van der Waals surface area contributed by atoms with Crippen molar-refractivity contribution in [3.8, 4) is 0 Å². The fraction of sp³-hybridized carbons (Fsp3) is 0.294. The van der Waals surface area contributed by atoms with E-state index in [2.05, 4.69) is 9.97 Å². The number of rotatable bonds is 2. The van der Waals surface area contributed by atoms with Crippen LogP contribution in [0.5, 0.6) is 0 Å². The number of aromatic nitrogens is 4. The minimum Gasteiger partial charge on any atom is -0.336 e. The van der Waals surface area contributed by atoms with Crippen LogP contribution in [0, 0.1) is 0 Å². The zero-order chi connectivity index (χ0) is 16.7. The largest absolute Gasteiger partial charge is 0.336 e. The molecule has 0 aromatic carbocycles. The van der Waals surface area contributed by atoms with Crippen molar-refractivity contribution < 1.29 is 4.79 Å². The summed E-state index contributed by atoms with van der Waals surface area (Å²) in [6, 6.07) is 7.15. The number of amides is 1. The number of pyridine rings is 2. The van der Waals surface area contributed by atoms with Crippen LogP contribution >= 0.6 is 0 Å². The predicted molar refractivity (Wildman–Crippen MR) is 88.8 cm³/mol. The molecule has 3 aromatic heterocycles. The maximum absolute atomic E-state index is 12.6. The molecule has 1 aliphatic heterocycles. The number of imidazole rings is 1. The average Bonchev–Trinajstić information content (AvgIpc) is 3.19. The van der Waals surface area contributed by atoms with Gasteiger partial charge in [0.25, 0.3) is 5.91 Å². The molecule has 4 rings (SSSR count). The summed E-state index contributed by atoms with van der Waals surface area (Å²) in [5, 5.41) is 0. The van der Waals surface area contributed by atoms with Crippen LogP contribution in [0.25, 0.3) is 11.2 Å². The normalized spacial score (nSPS) is 17.5. The first-order valence-electron chi connectivity index (χ1n) is 7.88. The Morgan fingerprint density at radius 3 is 2.88 bits per heavy atom. The van der Waals surface area contributed by atoms with Crippen molar-refractivity contribution >= 4 is 17.1 Å². The molecule has 1 fully saturated rings. The van der Waals surface area contributed by atoms with Crippen LogP contribution in [0.2, 0.25) is 0 Å². The molecule has 1 aliphatic rings. The quantitative estimate of drug-likeness (QED) is 0.711. The number of hydrogen-bond acceptors (Lipinski definition) is 4. The molecule has 0 bridgehead atoms. The Morgan fingerprint density at radius 2 is 2.08 bits per heavy atom. The van der Waals surface area contributed by atoms with Crippen molar-refractivity contribution in [3.63, 3.8) is 0 Å². The minimum atomic E-state index is -0.0932. The molecule has 122 valence electrons. The van der Waals surface area contributed by atoms with E-state index in [0.717, 1.165) is 11.9 Å². The van der Waals surface area contributed by atoms with Crippen LogP contribution in [-0.2, 0) is 7.05 Å². The highest BCUT2D eigenvalue weighted by atomic mass is 16.2. The van der Waals surface area contributed by atoms with E-state index in [-0.39, 0.29) is 17.6 Å². The Kier molecular flexibility index (Phi) is 3.41. The van der Waals surface area contributed by atoms with E-state index in [0.29, 0.717) is 24.3 Å². The average molecular weight is 323 g/mol. The third-order valence-corrected chi connectivity index (χ3v) is 4.57. The van der Waals surface area contributed by atoms with E-state index < -0.39 is 0 Å². The monoisotopic (exact) mass is 323 g/mol. The first-order chi connectivity index (χ1) is 11.7. The van der Waals surface area contributed by atoms with E-state index in [9.17, 15) is 9.59 Å². The van der Waals surface area contributed by atoms with Gasteiger partial charge in [-0.1, -0.05) is 0 Å². The summed E-state index contributed by atoms with van der Waals surface area (Å²) in [5.74, 6) is -0.0492. The molecule has 0 unspecified atom stereocenters. The van der Waals surface area contributed by atoms with Crippen molar-refractivity contribution in [1.29, 1.82) is 0 Å². The number of nitrogens with zero attached hydrogens (tertiary/aromatic N) is 5. The van der Waals surface area contributed by atoms with Crippen molar-refractivity contribution in [2.75, 3.05) is 13.1 Å². The number of fused-ring (bicyclic) bond motifs is 1. The summed E-state index contributed by atoms with van der Waals surface area (Å²) >= 11 is 0. The van der Waals surface area contributed by atoms with E-state index in [4.69, 9.17) is 0 Å². The summed E-state index contributed by atoms with van der Waals surface area (Å²) in [6.45, 7) is 1.12. The van der Waals surface area contributed by atoms with Gasteiger partial charge < -0.3 is 4.90 Å². The topological polar surface area (TPSA) is 73.0 Å². The number of carbonyl (C=O) groups excluding carboxylic acids is 1. The van der Waals surface area contributed by atoms with Gasteiger partial charge >= 0.3 is 5.69 Å². The van der Waals surface area contributed by atoms with Gasteiger partial charge in [-0.25, -0.2) is 9.78 Å². The second-order valence-corrected chi connectivity index (χ2v) is 5.99. The molecule has 1 saturated heterocycles. The molecule has 1 atom stereocenters. The summed E-state index contributed by atoms with van der Waals surface area (Å²) in [5.41, 5.74) is 1.95. The van der Waals surface area contributed by atoms with E-state index in [1.54, 1.807) is 51.8 Å². The smallest absolute Gasteiger partial charge is 0.330 e. The minimum absolute atomic E-state index is 0.0492. The molecular weight excluding hydrogens is 306 g/mol. The lowest BCUT2D eigenvalue weighted by Crippen LogP contribution is -2.31. The highest BCUT2D eigenvalue weighted by molar-refractivity contribution is 5.94. The highest BCUT2D eigenvalue weighted by Gasteiger charge is 2.31.